The fourth-order valence-corrected chi connectivity index (χ4v) is 2.89. The third kappa shape index (κ3) is 6.12. The minimum atomic E-state index is -0.257. The van der Waals surface area contributed by atoms with Gasteiger partial charge in [-0.1, -0.05) is 54.6 Å². The summed E-state index contributed by atoms with van der Waals surface area (Å²) in [5.41, 5.74) is 3.65. The molecule has 29 heavy (non-hydrogen) atoms. The van der Waals surface area contributed by atoms with Crippen LogP contribution < -0.4 is 15.4 Å². The number of ether oxygens (including phenoxy) is 1. The number of carbonyl (C=O) groups excluding carboxylic acids is 1. The van der Waals surface area contributed by atoms with Gasteiger partial charge in [0, 0.05) is 5.69 Å². The molecule has 0 aliphatic rings. The lowest BCUT2D eigenvalue weighted by Gasteiger charge is -2.15. The Kier molecular flexibility index (Phi) is 6.85. The van der Waals surface area contributed by atoms with Gasteiger partial charge >= 0.3 is 6.03 Å². The molecule has 5 nitrogen and oxygen atoms in total. The van der Waals surface area contributed by atoms with Crippen LogP contribution >= 0.6 is 0 Å². The number of urea groups is 1. The Bertz CT molecular complexity index is 979. The number of nitriles is 1. The highest BCUT2D eigenvalue weighted by atomic mass is 16.5. The van der Waals surface area contributed by atoms with E-state index in [1.54, 1.807) is 0 Å². The molecular formula is C24H23N3O2. The number of carbonyl (C=O) groups is 1. The summed E-state index contributed by atoms with van der Waals surface area (Å²) in [6.45, 7) is 2.33. The van der Waals surface area contributed by atoms with Crippen molar-refractivity contribution in [1.29, 1.82) is 5.26 Å². The van der Waals surface area contributed by atoms with Crippen molar-refractivity contribution in [2.24, 2.45) is 0 Å². The molecule has 5 heteroatoms. The third-order valence-corrected chi connectivity index (χ3v) is 4.44. The van der Waals surface area contributed by atoms with Gasteiger partial charge in [-0.05, 0) is 47.9 Å². The van der Waals surface area contributed by atoms with Crippen LogP contribution in [-0.2, 0) is 13.0 Å². The molecule has 2 amide bonds. The van der Waals surface area contributed by atoms with Gasteiger partial charge in [0.1, 0.15) is 12.4 Å². The van der Waals surface area contributed by atoms with Gasteiger partial charge < -0.3 is 15.4 Å². The highest BCUT2D eigenvalue weighted by molar-refractivity contribution is 5.89. The van der Waals surface area contributed by atoms with Crippen molar-refractivity contribution in [3.8, 4) is 11.8 Å². The summed E-state index contributed by atoms with van der Waals surface area (Å²) in [5, 5.41) is 14.5. The van der Waals surface area contributed by atoms with E-state index < -0.39 is 0 Å². The van der Waals surface area contributed by atoms with E-state index in [4.69, 9.17) is 10.00 Å². The Morgan fingerprint density at radius 3 is 2.48 bits per heavy atom. The lowest BCUT2D eigenvalue weighted by molar-refractivity contribution is 0.249. The number of benzene rings is 3. The molecule has 0 saturated carbocycles. The first-order valence-electron chi connectivity index (χ1n) is 9.44. The maximum absolute atomic E-state index is 12.3. The van der Waals surface area contributed by atoms with Crippen LogP contribution in [0.1, 0.15) is 29.7 Å². The number of nitrogens with zero attached hydrogens (tertiary/aromatic N) is 1. The van der Waals surface area contributed by atoms with Crippen LogP contribution in [0.2, 0.25) is 0 Å². The second-order valence-corrected chi connectivity index (χ2v) is 6.70. The Morgan fingerprint density at radius 2 is 1.76 bits per heavy atom. The van der Waals surface area contributed by atoms with Gasteiger partial charge in [0.2, 0.25) is 0 Å². The van der Waals surface area contributed by atoms with Crippen LogP contribution in [0, 0.1) is 11.3 Å². The summed E-state index contributed by atoms with van der Waals surface area (Å²) in [6, 6.07) is 26.6. The smallest absolute Gasteiger partial charge is 0.319 e. The topological polar surface area (TPSA) is 74.2 Å². The second-order valence-electron chi connectivity index (χ2n) is 6.70. The Hall–Kier alpha value is -3.78. The monoisotopic (exact) mass is 385 g/mol. The van der Waals surface area contributed by atoms with Crippen LogP contribution in [-0.4, -0.2) is 6.03 Å². The standard InChI is InChI=1S/C24H23N3O2/c1-18(21-7-3-2-4-8-21)26-24(28)27-22-9-5-6-20(16-22)17-29-23-12-10-19(11-13-23)14-15-25/h2-13,16,18H,14,17H2,1H3,(H2,26,27,28). The molecule has 0 spiro atoms. The number of nitrogens with one attached hydrogen (secondary N) is 2. The molecule has 3 aromatic carbocycles. The van der Waals surface area contributed by atoms with Crippen molar-refractivity contribution in [3.63, 3.8) is 0 Å². The van der Waals surface area contributed by atoms with E-state index in [1.165, 1.54) is 0 Å². The Balaban J connectivity index is 1.53. The molecule has 0 saturated heterocycles. The molecule has 0 bridgehead atoms. The molecule has 3 rings (SSSR count). The van der Waals surface area contributed by atoms with Crippen LogP contribution in [0.4, 0.5) is 10.5 Å². The minimum absolute atomic E-state index is 0.0910. The molecule has 2 N–H and O–H groups in total. The number of hydrogen-bond acceptors (Lipinski definition) is 3. The van der Waals surface area contributed by atoms with E-state index in [2.05, 4.69) is 16.7 Å². The third-order valence-electron chi connectivity index (χ3n) is 4.44. The molecule has 0 aromatic heterocycles. The van der Waals surface area contributed by atoms with Gasteiger partial charge in [-0.3, -0.25) is 0 Å². The zero-order chi connectivity index (χ0) is 20.5. The second kappa shape index (κ2) is 9.95. The molecule has 3 aromatic rings. The molecule has 0 fully saturated rings. The van der Waals surface area contributed by atoms with E-state index in [9.17, 15) is 4.79 Å². The lowest BCUT2D eigenvalue weighted by atomic mass is 10.1. The summed E-state index contributed by atoms with van der Waals surface area (Å²) in [4.78, 5) is 12.3. The summed E-state index contributed by atoms with van der Waals surface area (Å²) in [6.07, 6.45) is 0.388. The highest BCUT2D eigenvalue weighted by Crippen LogP contribution is 2.17. The first kappa shape index (κ1) is 20.0. The van der Waals surface area contributed by atoms with E-state index in [1.807, 2.05) is 85.8 Å². The maximum Gasteiger partial charge on any atom is 0.319 e. The predicted molar refractivity (Wildman–Crippen MR) is 114 cm³/mol. The number of amides is 2. The van der Waals surface area contributed by atoms with Crippen LogP contribution in [0.5, 0.6) is 5.75 Å². The molecular weight excluding hydrogens is 362 g/mol. The SMILES string of the molecule is CC(NC(=O)Nc1cccc(COc2ccc(CC#N)cc2)c1)c1ccccc1. The normalized spacial score (nSPS) is 11.2. The van der Waals surface area contributed by atoms with Gasteiger partial charge in [0.15, 0.2) is 0 Å². The molecule has 146 valence electrons. The molecule has 0 heterocycles. The van der Waals surface area contributed by atoms with Gasteiger partial charge in [-0.2, -0.15) is 5.26 Å². The zero-order valence-corrected chi connectivity index (χ0v) is 16.3. The summed E-state index contributed by atoms with van der Waals surface area (Å²) in [5.74, 6) is 0.736. The summed E-state index contributed by atoms with van der Waals surface area (Å²) < 4.78 is 5.80. The van der Waals surface area contributed by atoms with Crippen LogP contribution in [0.25, 0.3) is 0 Å². The van der Waals surface area contributed by atoms with Gasteiger partial charge in [0.05, 0.1) is 18.5 Å². The van der Waals surface area contributed by atoms with E-state index >= 15 is 0 Å². The number of hydrogen-bond donors (Lipinski definition) is 2. The van der Waals surface area contributed by atoms with Gasteiger partial charge in [-0.25, -0.2) is 4.79 Å². The fourth-order valence-electron chi connectivity index (χ4n) is 2.89. The molecule has 1 atom stereocenters. The average Bonchev–Trinajstić information content (AvgIpc) is 2.74. The Morgan fingerprint density at radius 1 is 1.00 bits per heavy atom. The zero-order valence-electron chi connectivity index (χ0n) is 16.3. The minimum Gasteiger partial charge on any atom is -0.489 e. The average molecular weight is 385 g/mol. The largest absolute Gasteiger partial charge is 0.489 e. The van der Waals surface area contributed by atoms with Gasteiger partial charge in [0.25, 0.3) is 0 Å². The highest BCUT2D eigenvalue weighted by Gasteiger charge is 2.09. The molecule has 1 unspecified atom stereocenters. The molecule has 0 aliphatic carbocycles. The van der Waals surface area contributed by atoms with Crippen molar-refractivity contribution in [1.82, 2.24) is 5.32 Å². The van der Waals surface area contributed by atoms with Crippen molar-refractivity contribution >= 4 is 11.7 Å². The van der Waals surface area contributed by atoms with Crippen molar-refractivity contribution in [2.75, 3.05) is 5.32 Å². The maximum atomic E-state index is 12.3. The fraction of sp³-hybridized carbons (Fsp3) is 0.167. The van der Waals surface area contributed by atoms with E-state index in [0.29, 0.717) is 18.7 Å². The number of rotatable bonds is 7. The van der Waals surface area contributed by atoms with E-state index in [0.717, 1.165) is 22.4 Å². The molecule has 0 radical (unpaired) electrons. The first-order valence-corrected chi connectivity index (χ1v) is 9.44. The van der Waals surface area contributed by atoms with Crippen molar-refractivity contribution < 1.29 is 9.53 Å². The van der Waals surface area contributed by atoms with Crippen LogP contribution in [0.3, 0.4) is 0 Å². The van der Waals surface area contributed by atoms with Crippen molar-refractivity contribution in [2.45, 2.75) is 26.0 Å². The van der Waals surface area contributed by atoms with Crippen molar-refractivity contribution in [3.05, 3.63) is 95.6 Å². The predicted octanol–water partition coefficient (Wildman–Crippen LogP) is 5.21. The summed E-state index contributed by atoms with van der Waals surface area (Å²) >= 11 is 0. The van der Waals surface area contributed by atoms with E-state index in [-0.39, 0.29) is 12.1 Å². The van der Waals surface area contributed by atoms with Gasteiger partial charge in [-0.15, -0.1) is 0 Å². The van der Waals surface area contributed by atoms with Crippen LogP contribution in [0.15, 0.2) is 78.9 Å². The first-order chi connectivity index (χ1) is 14.1. The Labute approximate surface area is 171 Å². The quantitative estimate of drug-likeness (QED) is 0.586. The lowest BCUT2D eigenvalue weighted by Crippen LogP contribution is -2.31. The summed E-state index contributed by atoms with van der Waals surface area (Å²) in [7, 11) is 0. The molecule has 0 aliphatic heterocycles. The number of anilines is 1.